The van der Waals surface area contributed by atoms with Gasteiger partial charge in [-0.25, -0.2) is 13.1 Å². The van der Waals surface area contributed by atoms with Crippen LogP contribution in [-0.4, -0.2) is 33.7 Å². The maximum Gasteiger partial charge on any atom is 0.230 e. The van der Waals surface area contributed by atoms with Crippen LogP contribution in [0.5, 0.6) is 5.75 Å². The van der Waals surface area contributed by atoms with Gasteiger partial charge < -0.3 is 9.64 Å². The Bertz CT molecular complexity index is 628. The van der Waals surface area contributed by atoms with Crippen molar-refractivity contribution in [2.45, 2.75) is 26.3 Å². The lowest BCUT2D eigenvalue weighted by Crippen LogP contribution is -2.26. The van der Waals surface area contributed by atoms with Crippen molar-refractivity contribution in [3.63, 3.8) is 0 Å². The van der Waals surface area contributed by atoms with Crippen molar-refractivity contribution in [1.82, 2.24) is 4.72 Å². The highest BCUT2D eigenvalue weighted by Gasteiger charge is 2.20. The quantitative estimate of drug-likeness (QED) is 0.888. The number of benzene rings is 1. The molecular weight excluding hydrogens is 292 g/mol. The first-order valence-electron chi connectivity index (χ1n) is 6.92. The Morgan fingerprint density at radius 1 is 1.38 bits per heavy atom. The van der Waals surface area contributed by atoms with E-state index in [0.29, 0.717) is 30.9 Å². The fourth-order valence-electron chi connectivity index (χ4n) is 2.14. The third-order valence-electron chi connectivity index (χ3n) is 3.30. The highest BCUT2D eigenvalue weighted by Crippen LogP contribution is 2.31. The summed E-state index contributed by atoms with van der Waals surface area (Å²) < 4.78 is 31.4. The van der Waals surface area contributed by atoms with Crippen molar-refractivity contribution >= 4 is 21.6 Å². The largest absolute Gasteiger partial charge is 0.491 e. The Morgan fingerprint density at radius 2 is 2.14 bits per heavy atom. The standard InChI is InChI=1S/C14H20N2O4S/c1-3-8-21(18,19)15-10-11-4-5-13-12(9-11)16(2)14(17)6-7-20-13/h4-5,9,15H,3,6-8,10H2,1-2H3. The van der Waals surface area contributed by atoms with Gasteiger partial charge in [0.1, 0.15) is 5.75 Å². The molecule has 0 saturated heterocycles. The second-order valence-corrected chi connectivity index (χ2v) is 6.92. The molecule has 0 fully saturated rings. The van der Waals surface area contributed by atoms with Crippen LogP contribution in [-0.2, 0) is 21.4 Å². The number of carbonyl (C=O) groups excluding carboxylic acids is 1. The first-order chi connectivity index (χ1) is 9.93. The number of hydrogen-bond acceptors (Lipinski definition) is 4. The van der Waals surface area contributed by atoms with Crippen LogP contribution in [0.3, 0.4) is 0 Å². The summed E-state index contributed by atoms with van der Waals surface area (Å²) >= 11 is 0. The maximum atomic E-state index is 11.8. The summed E-state index contributed by atoms with van der Waals surface area (Å²) in [6.45, 7) is 2.38. The van der Waals surface area contributed by atoms with E-state index in [9.17, 15) is 13.2 Å². The normalized spacial score (nSPS) is 15.3. The second-order valence-electron chi connectivity index (χ2n) is 4.99. The van der Waals surface area contributed by atoms with Gasteiger partial charge in [-0.2, -0.15) is 0 Å². The number of carbonyl (C=O) groups is 1. The predicted molar refractivity (Wildman–Crippen MR) is 80.9 cm³/mol. The maximum absolute atomic E-state index is 11.8. The van der Waals surface area contributed by atoms with Gasteiger partial charge in [0.2, 0.25) is 15.9 Å². The van der Waals surface area contributed by atoms with E-state index in [0.717, 1.165) is 5.56 Å². The first-order valence-corrected chi connectivity index (χ1v) is 8.58. The molecule has 21 heavy (non-hydrogen) atoms. The Kier molecular flexibility index (Phi) is 4.84. The van der Waals surface area contributed by atoms with E-state index in [-0.39, 0.29) is 18.2 Å². The van der Waals surface area contributed by atoms with Crippen molar-refractivity contribution in [2.24, 2.45) is 0 Å². The summed E-state index contributed by atoms with van der Waals surface area (Å²) in [5, 5.41) is 0. The van der Waals surface area contributed by atoms with Gasteiger partial charge in [-0.15, -0.1) is 0 Å². The van der Waals surface area contributed by atoms with E-state index in [1.807, 2.05) is 6.92 Å². The molecule has 1 amide bonds. The Balaban J connectivity index is 2.17. The molecule has 2 rings (SSSR count). The van der Waals surface area contributed by atoms with Crippen molar-refractivity contribution in [1.29, 1.82) is 0 Å². The number of ether oxygens (including phenoxy) is 1. The van der Waals surface area contributed by atoms with Gasteiger partial charge in [-0.1, -0.05) is 13.0 Å². The van der Waals surface area contributed by atoms with Crippen LogP contribution in [0.1, 0.15) is 25.3 Å². The van der Waals surface area contributed by atoms with E-state index >= 15 is 0 Å². The van der Waals surface area contributed by atoms with Crippen LogP contribution in [0.4, 0.5) is 5.69 Å². The van der Waals surface area contributed by atoms with Gasteiger partial charge in [0.05, 0.1) is 24.5 Å². The van der Waals surface area contributed by atoms with Crippen LogP contribution in [0.15, 0.2) is 18.2 Å². The number of amides is 1. The molecule has 0 atom stereocenters. The summed E-state index contributed by atoms with van der Waals surface area (Å²) in [4.78, 5) is 13.4. The summed E-state index contributed by atoms with van der Waals surface area (Å²) in [6, 6.07) is 5.36. The second kappa shape index (κ2) is 6.44. The molecule has 1 N–H and O–H groups in total. The lowest BCUT2D eigenvalue weighted by Gasteiger charge is -2.17. The topological polar surface area (TPSA) is 75.7 Å². The molecule has 0 bridgehead atoms. The molecule has 116 valence electrons. The number of nitrogens with zero attached hydrogens (tertiary/aromatic N) is 1. The minimum atomic E-state index is -3.24. The third kappa shape index (κ3) is 3.95. The van der Waals surface area contributed by atoms with Crippen molar-refractivity contribution in [3.05, 3.63) is 23.8 Å². The van der Waals surface area contributed by atoms with E-state index in [2.05, 4.69) is 4.72 Å². The highest BCUT2D eigenvalue weighted by atomic mass is 32.2. The molecule has 1 aromatic rings. The van der Waals surface area contributed by atoms with E-state index < -0.39 is 10.0 Å². The third-order valence-corrected chi connectivity index (χ3v) is 4.83. The van der Waals surface area contributed by atoms with Gasteiger partial charge in [0, 0.05) is 13.6 Å². The number of hydrogen-bond donors (Lipinski definition) is 1. The fourth-order valence-corrected chi connectivity index (χ4v) is 3.21. The zero-order valence-electron chi connectivity index (χ0n) is 12.3. The number of rotatable bonds is 5. The predicted octanol–water partition coefficient (Wildman–Crippen LogP) is 1.26. The lowest BCUT2D eigenvalue weighted by atomic mass is 10.1. The fraction of sp³-hybridized carbons (Fsp3) is 0.500. The van der Waals surface area contributed by atoms with Gasteiger partial charge in [0.25, 0.3) is 0 Å². The van der Waals surface area contributed by atoms with Crippen molar-refractivity contribution < 1.29 is 17.9 Å². The molecule has 0 saturated carbocycles. The molecule has 1 aliphatic rings. The molecule has 0 spiro atoms. The molecule has 1 heterocycles. The zero-order chi connectivity index (χ0) is 15.5. The number of nitrogens with one attached hydrogen (secondary N) is 1. The summed E-state index contributed by atoms with van der Waals surface area (Å²) in [5.41, 5.74) is 1.46. The lowest BCUT2D eigenvalue weighted by molar-refractivity contribution is -0.118. The smallest absolute Gasteiger partial charge is 0.230 e. The van der Waals surface area contributed by atoms with Crippen molar-refractivity contribution in [3.8, 4) is 5.75 Å². The SMILES string of the molecule is CCCS(=O)(=O)NCc1ccc2c(c1)N(C)C(=O)CCO2. The Labute approximate surface area is 125 Å². The highest BCUT2D eigenvalue weighted by molar-refractivity contribution is 7.89. The first kappa shape index (κ1) is 15.8. The van der Waals surface area contributed by atoms with Crippen LogP contribution in [0.2, 0.25) is 0 Å². The van der Waals surface area contributed by atoms with Crippen LogP contribution in [0, 0.1) is 0 Å². The molecular formula is C14H20N2O4S. The number of anilines is 1. The van der Waals surface area contributed by atoms with Crippen LogP contribution < -0.4 is 14.4 Å². The van der Waals surface area contributed by atoms with Crippen LogP contribution >= 0.6 is 0 Å². The minimum Gasteiger partial charge on any atom is -0.491 e. The molecule has 0 radical (unpaired) electrons. The van der Waals surface area contributed by atoms with Crippen LogP contribution in [0.25, 0.3) is 0 Å². The molecule has 0 unspecified atom stereocenters. The van der Waals surface area contributed by atoms with Gasteiger partial charge >= 0.3 is 0 Å². The molecule has 0 aliphatic carbocycles. The monoisotopic (exact) mass is 312 g/mol. The molecule has 1 aliphatic heterocycles. The van der Waals surface area contributed by atoms with Gasteiger partial charge in [0.15, 0.2) is 0 Å². The van der Waals surface area contributed by atoms with E-state index in [4.69, 9.17) is 4.74 Å². The van der Waals surface area contributed by atoms with Gasteiger partial charge in [-0.3, -0.25) is 4.79 Å². The number of fused-ring (bicyclic) bond motifs is 1. The molecule has 1 aromatic carbocycles. The van der Waals surface area contributed by atoms with Crippen molar-refractivity contribution in [2.75, 3.05) is 24.3 Å². The average molecular weight is 312 g/mol. The zero-order valence-corrected chi connectivity index (χ0v) is 13.1. The summed E-state index contributed by atoms with van der Waals surface area (Å²) in [6.07, 6.45) is 0.911. The average Bonchev–Trinajstić information content (AvgIpc) is 2.57. The summed E-state index contributed by atoms with van der Waals surface area (Å²) in [5.74, 6) is 0.736. The Hall–Kier alpha value is -1.60. The van der Waals surface area contributed by atoms with E-state index in [1.165, 1.54) is 0 Å². The van der Waals surface area contributed by atoms with E-state index in [1.54, 1.807) is 30.1 Å². The molecule has 7 heteroatoms. The number of sulfonamides is 1. The van der Waals surface area contributed by atoms with Gasteiger partial charge in [-0.05, 0) is 24.1 Å². The Morgan fingerprint density at radius 3 is 2.86 bits per heavy atom. The molecule has 6 nitrogen and oxygen atoms in total. The molecule has 0 aromatic heterocycles. The minimum absolute atomic E-state index is 0.0162. The summed E-state index contributed by atoms with van der Waals surface area (Å²) in [7, 11) is -1.55.